The molecule has 1 fully saturated rings. The van der Waals surface area contributed by atoms with Crippen LogP contribution in [0, 0.1) is 11.6 Å². The van der Waals surface area contributed by atoms with E-state index >= 15 is 0 Å². The van der Waals surface area contributed by atoms with Gasteiger partial charge in [-0.05, 0) is 137 Å². The largest absolute Gasteiger partial charge is 0.468 e. The van der Waals surface area contributed by atoms with E-state index < -0.39 is 5.41 Å². The molecule has 2 heterocycles. The Balaban J connectivity index is 1.33. The molecule has 0 unspecified atom stereocenters. The highest BCUT2D eigenvalue weighted by Crippen LogP contribution is 2.40. The minimum absolute atomic E-state index is 0.195. The second kappa shape index (κ2) is 13.0. The Morgan fingerprint density at radius 1 is 0.976 bits per heavy atom. The van der Waals surface area contributed by atoms with Gasteiger partial charge in [0.05, 0.1) is 18.0 Å². The fraction of sp³-hybridized carbons (Fsp3) is 0.400. The molecule has 42 heavy (non-hydrogen) atoms. The second-order valence-electron chi connectivity index (χ2n) is 11.6. The van der Waals surface area contributed by atoms with Crippen molar-refractivity contribution in [1.82, 2.24) is 9.47 Å². The molecule has 7 heteroatoms. The third-order valence-corrected chi connectivity index (χ3v) is 9.74. The third-order valence-electron chi connectivity index (χ3n) is 8.65. The van der Waals surface area contributed by atoms with Gasteiger partial charge in [-0.1, -0.05) is 19.1 Å². The summed E-state index contributed by atoms with van der Waals surface area (Å²) in [5.41, 5.74) is 4.55. The fourth-order valence-corrected chi connectivity index (χ4v) is 7.13. The number of piperidine rings is 1. The number of methoxy groups -OCH3 is 1. The third kappa shape index (κ3) is 6.28. The van der Waals surface area contributed by atoms with E-state index in [4.69, 9.17) is 4.74 Å². The average molecular weight is 591 g/mol. The lowest BCUT2D eigenvalue weighted by Gasteiger charge is -2.32. The molecule has 0 bridgehead atoms. The van der Waals surface area contributed by atoms with Gasteiger partial charge in [-0.2, -0.15) is 0 Å². The van der Waals surface area contributed by atoms with Crippen LogP contribution in [0.25, 0.3) is 16.6 Å². The zero-order valence-electron chi connectivity index (χ0n) is 25.0. The van der Waals surface area contributed by atoms with Crippen molar-refractivity contribution >= 4 is 28.6 Å². The van der Waals surface area contributed by atoms with Crippen LogP contribution in [-0.4, -0.2) is 47.9 Å². The molecule has 0 saturated carbocycles. The molecule has 0 amide bonds. The summed E-state index contributed by atoms with van der Waals surface area (Å²) in [6.45, 7) is 9.04. The molecule has 0 spiro atoms. The number of halogens is 2. The molecular weight excluding hydrogens is 550 g/mol. The number of hydrogen-bond acceptors (Lipinski definition) is 4. The van der Waals surface area contributed by atoms with Crippen LogP contribution in [0.5, 0.6) is 0 Å². The standard InChI is InChI=1S/C35H40F2N2O2S/c1-5-31-33(24-17-20-38(21-18-24)19-6-22-42-29-14-9-26(36)10-15-29)30-16-11-27(37)23-32(30)39(31)28-12-7-25(8-13-28)35(2,3)34(40)41-4/h7-16,23-24H,5-6,17-22H2,1-4H3. The highest BCUT2D eigenvalue weighted by atomic mass is 32.2. The summed E-state index contributed by atoms with van der Waals surface area (Å²) in [4.78, 5) is 16.0. The number of aromatic nitrogens is 1. The van der Waals surface area contributed by atoms with Gasteiger partial charge in [0.25, 0.3) is 0 Å². The molecule has 0 atom stereocenters. The highest BCUT2D eigenvalue weighted by molar-refractivity contribution is 7.99. The number of carbonyl (C=O) groups excluding carboxylic acids is 1. The Morgan fingerprint density at radius 3 is 2.29 bits per heavy atom. The first-order valence-electron chi connectivity index (χ1n) is 14.9. The minimum atomic E-state index is -0.759. The maximum absolute atomic E-state index is 14.6. The summed E-state index contributed by atoms with van der Waals surface area (Å²) in [5, 5.41) is 1.13. The summed E-state index contributed by atoms with van der Waals surface area (Å²) in [5.74, 6) is 0.710. The lowest BCUT2D eigenvalue weighted by molar-refractivity contribution is -0.146. The van der Waals surface area contributed by atoms with Crippen molar-refractivity contribution in [3.8, 4) is 5.69 Å². The maximum Gasteiger partial charge on any atom is 0.315 e. The van der Waals surface area contributed by atoms with E-state index in [0.29, 0.717) is 5.92 Å². The molecule has 3 aromatic carbocycles. The van der Waals surface area contributed by atoms with Crippen LogP contribution < -0.4 is 0 Å². The van der Waals surface area contributed by atoms with Crippen LogP contribution in [0.3, 0.4) is 0 Å². The van der Waals surface area contributed by atoms with Crippen molar-refractivity contribution < 1.29 is 18.3 Å². The number of hydrogen-bond donors (Lipinski definition) is 0. The molecule has 4 aromatic rings. The summed E-state index contributed by atoms with van der Waals surface area (Å²) < 4.78 is 35.0. The number of nitrogens with zero attached hydrogens (tertiary/aromatic N) is 2. The molecule has 0 aliphatic carbocycles. The van der Waals surface area contributed by atoms with E-state index in [1.807, 2.05) is 56.3 Å². The quantitative estimate of drug-likeness (QED) is 0.106. The second-order valence-corrected chi connectivity index (χ2v) is 12.8. The van der Waals surface area contributed by atoms with Gasteiger partial charge >= 0.3 is 5.97 Å². The van der Waals surface area contributed by atoms with E-state index in [2.05, 4.69) is 16.4 Å². The average Bonchev–Trinajstić information content (AvgIpc) is 3.33. The summed E-state index contributed by atoms with van der Waals surface area (Å²) >= 11 is 1.78. The monoisotopic (exact) mass is 590 g/mol. The smallest absolute Gasteiger partial charge is 0.315 e. The van der Waals surface area contributed by atoms with Crippen LogP contribution >= 0.6 is 11.8 Å². The van der Waals surface area contributed by atoms with Gasteiger partial charge in [0.15, 0.2) is 0 Å². The predicted octanol–water partition coefficient (Wildman–Crippen LogP) is 8.28. The Kier molecular flexibility index (Phi) is 9.38. The molecule has 1 aliphatic rings. The Hall–Kier alpha value is -3.16. The van der Waals surface area contributed by atoms with Crippen molar-refractivity contribution in [3.63, 3.8) is 0 Å². The van der Waals surface area contributed by atoms with Crippen LogP contribution in [0.15, 0.2) is 71.6 Å². The molecule has 1 aromatic heterocycles. The maximum atomic E-state index is 14.6. The van der Waals surface area contributed by atoms with Crippen molar-refractivity contribution in [2.24, 2.45) is 0 Å². The van der Waals surface area contributed by atoms with Crippen LogP contribution in [-0.2, 0) is 21.4 Å². The first-order chi connectivity index (χ1) is 20.2. The normalized spacial score (nSPS) is 14.9. The van der Waals surface area contributed by atoms with E-state index in [1.54, 1.807) is 23.9 Å². The molecule has 222 valence electrons. The van der Waals surface area contributed by atoms with Gasteiger partial charge in [-0.25, -0.2) is 8.78 Å². The van der Waals surface area contributed by atoms with Gasteiger partial charge in [0.2, 0.25) is 0 Å². The Labute approximate surface area is 252 Å². The Morgan fingerprint density at radius 2 is 1.64 bits per heavy atom. The lowest BCUT2D eigenvalue weighted by Crippen LogP contribution is -2.34. The number of esters is 1. The molecule has 4 nitrogen and oxygen atoms in total. The topological polar surface area (TPSA) is 34.5 Å². The van der Waals surface area contributed by atoms with E-state index in [0.717, 1.165) is 78.1 Å². The van der Waals surface area contributed by atoms with Crippen molar-refractivity contribution in [3.05, 3.63) is 95.2 Å². The highest BCUT2D eigenvalue weighted by Gasteiger charge is 2.31. The lowest BCUT2D eigenvalue weighted by atomic mass is 9.84. The molecule has 0 radical (unpaired) electrons. The minimum Gasteiger partial charge on any atom is -0.468 e. The van der Waals surface area contributed by atoms with Crippen LogP contribution in [0.2, 0.25) is 0 Å². The first-order valence-corrected chi connectivity index (χ1v) is 15.8. The molecule has 0 N–H and O–H groups in total. The van der Waals surface area contributed by atoms with Crippen LogP contribution in [0.4, 0.5) is 8.78 Å². The molecule has 1 saturated heterocycles. The van der Waals surface area contributed by atoms with E-state index in [-0.39, 0.29) is 17.6 Å². The number of thioether (sulfide) groups is 1. The zero-order chi connectivity index (χ0) is 29.9. The molecular formula is C35H40F2N2O2S. The number of fused-ring (bicyclic) bond motifs is 1. The summed E-state index contributed by atoms with van der Waals surface area (Å²) in [6.07, 6.45) is 4.07. The number of carbonyl (C=O) groups is 1. The fourth-order valence-electron chi connectivity index (χ4n) is 6.29. The number of benzene rings is 3. The predicted molar refractivity (Wildman–Crippen MR) is 168 cm³/mol. The van der Waals surface area contributed by atoms with Crippen LogP contribution in [0.1, 0.15) is 62.8 Å². The van der Waals surface area contributed by atoms with Gasteiger partial charge in [0.1, 0.15) is 11.6 Å². The Bertz CT molecular complexity index is 1520. The van der Waals surface area contributed by atoms with Gasteiger partial charge in [0, 0.05) is 21.7 Å². The van der Waals surface area contributed by atoms with Gasteiger partial charge < -0.3 is 14.2 Å². The van der Waals surface area contributed by atoms with Gasteiger partial charge in [-0.15, -0.1) is 11.8 Å². The van der Waals surface area contributed by atoms with Gasteiger partial charge in [-0.3, -0.25) is 4.79 Å². The van der Waals surface area contributed by atoms with Crippen molar-refractivity contribution in [1.29, 1.82) is 0 Å². The molecule has 1 aliphatic heterocycles. The number of likely N-dealkylation sites (tertiary alicyclic amines) is 1. The number of rotatable bonds is 10. The first kappa shape index (κ1) is 30.3. The zero-order valence-corrected chi connectivity index (χ0v) is 25.8. The van der Waals surface area contributed by atoms with E-state index in [9.17, 15) is 13.6 Å². The summed E-state index contributed by atoms with van der Waals surface area (Å²) in [7, 11) is 1.41. The van der Waals surface area contributed by atoms with Crippen molar-refractivity contribution in [2.75, 3.05) is 32.5 Å². The SMILES string of the molecule is CCc1c(C2CCN(CCCSc3ccc(F)cc3)CC2)c2ccc(F)cc2n1-c1ccc(C(C)(C)C(=O)OC)cc1. The van der Waals surface area contributed by atoms with E-state index in [1.165, 1.54) is 30.5 Å². The molecule has 5 rings (SSSR count). The number of ether oxygens (including phenoxy) is 1. The summed E-state index contributed by atoms with van der Waals surface area (Å²) in [6, 6.07) is 19.9. The van der Waals surface area contributed by atoms with Crippen molar-refractivity contribution in [2.45, 2.75) is 62.7 Å².